The number of benzene rings is 4. The van der Waals surface area contributed by atoms with Crippen LogP contribution in [0.5, 0.6) is 0 Å². The molecule has 1 heterocycles. The smallest absolute Gasteiger partial charge is 1.00 e. The van der Waals surface area contributed by atoms with Crippen molar-refractivity contribution in [3.63, 3.8) is 0 Å². The van der Waals surface area contributed by atoms with E-state index in [1.165, 1.54) is 52.6 Å². The average molecular weight is 629 g/mol. The fraction of sp³-hybridized carbons (Fsp3) is 0.176. The molecule has 0 nitrogen and oxygen atoms in total. The van der Waals surface area contributed by atoms with Gasteiger partial charge in [0.25, 0.3) is 0 Å². The van der Waals surface area contributed by atoms with Gasteiger partial charge in [0.2, 0.25) is 0 Å². The number of rotatable bonds is 4. The zero-order valence-electron chi connectivity index (χ0n) is 21.3. The molecule has 0 radical (unpaired) electrons. The first kappa shape index (κ1) is 27.6. The van der Waals surface area contributed by atoms with E-state index in [1.807, 2.05) is 3.28 Å². The number of hydrogen-bond acceptors (Lipinski definition) is 0. The minimum atomic E-state index is -1.97. The molecule has 4 aromatic carbocycles. The Bertz CT molecular complexity index is 1460. The van der Waals surface area contributed by atoms with Crippen molar-refractivity contribution in [1.82, 2.24) is 0 Å². The van der Waals surface area contributed by atoms with Crippen molar-refractivity contribution >= 4 is 5.43 Å². The second-order valence-corrected chi connectivity index (χ2v) is 26.0. The fourth-order valence-electron chi connectivity index (χ4n) is 6.53. The van der Waals surface area contributed by atoms with E-state index in [4.69, 9.17) is 0 Å². The Hall–Kier alpha value is -1.96. The van der Waals surface area contributed by atoms with Crippen molar-refractivity contribution in [2.45, 2.75) is 35.0 Å². The van der Waals surface area contributed by atoms with Crippen molar-refractivity contribution in [2.75, 3.05) is 0 Å². The summed E-state index contributed by atoms with van der Waals surface area (Å²) in [5.41, 5.74) is 11.4. The predicted molar refractivity (Wildman–Crippen MR) is 151 cm³/mol. The molecule has 7 rings (SSSR count). The van der Waals surface area contributed by atoms with Crippen molar-refractivity contribution in [3.8, 4) is 33.4 Å². The molecule has 0 aromatic heterocycles. The summed E-state index contributed by atoms with van der Waals surface area (Å²) in [6.07, 6.45) is 11.5. The Balaban J connectivity index is 0.00000147. The molecule has 0 unspecified atom stereocenters. The molecular weight excluding hydrogens is 599 g/mol. The summed E-state index contributed by atoms with van der Waals surface area (Å²) >= 11 is -1.97. The first-order valence-electron chi connectivity index (χ1n) is 13.3. The van der Waals surface area contributed by atoms with Gasteiger partial charge in [-0.05, 0) is 0 Å². The van der Waals surface area contributed by atoms with Crippen LogP contribution in [-0.4, -0.2) is 5.43 Å². The summed E-state index contributed by atoms with van der Waals surface area (Å²) in [6.45, 7) is 0. The topological polar surface area (TPSA) is 0 Å². The summed E-state index contributed by atoms with van der Waals surface area (Å²) in [5, 5.41) is 0. The van der Waals surface area contributed by atoms with Crippen molar-refractivity contribution in [2.24, 2.45) is 0 Å². The largest absolute Gasteiger partial charge is 1.00 e. The first-order valence-corrected chi connectivity index (χ1v) is 21.6. The zero-order chi connectivity index (χ0) is 23.9. The van der Waals surface area contributed by atoms with Crippen LogP contribution >= 0.6 is 0 Å². The minimum Gasteiger partial charge on any atom is -1.00 e. The van der Waals surface area contributed by atoms with E-state index in [0.29, 0.717) is 3.63 Å². The Morgan fingerprint density at radius 1 is 0.605 bits per heavy atom. The van der Waals surface area contributed by atoms with Gasteiger partial charge in [0.05, 0.1) is 0 Å². The summed E-state index contributed by atoms with van der Waals surface area (Å²) in [7, 11) is 0. The maximum atomic E-state index is 2.58. The number of halogens is 2. The SMILES string of the molecule is C1=CC[C]([Zr+2]([CH]2c3cc(-c4ccccc4)ccc3-c3ccc(-c4ccccc4)cc32)=[Si]2CCCC2)=C1.[Cl-].[Cl-]. The molecule has 0 N–H and O–H groups in total. The van der Waals surface area contributed by atoms with Gasteiger partial charge in [-0.2, -0.15) is 0 Å². The molecule has 0 bridgehead atoms. The van der Waals surface area contributed by atoms with Gasteiger partial charge < -0.3 is 24.8 Å². The maximum Gasteiger partial charge on any atom is -1.00 e. The Morgan fingerprint density at radius 3 is 1.61 bits per heavy atom. The van der Waals surface area contributed by atoms with E-state index in [2.05, 4.69) is 115 Å². The molecule has 1 aliphatic heterocycles. The Kier molecular flexibility index (Phi) is 8.75. The molecule has 2 aliphatic carbocycles. The van der Waals surface area contributed by atoms with Crippen molar-refractivity contribution < 1.29 is 45.2 Å². The van der Waals surface area contributed by atoms with Crippen LogP contribution in [-0.2, 0) is 20.4 Å². The van der Waals surface area contributed by atoms with Crippen LogP contribution in [0.2, 0.25) is 12.1 Å². The predicted octanol–water partition coefficient (Wildman–Crippen LogP) is 3.35. The number of allylic oxidation sites excluding steroid dienone is 4. The van der Waals surface area contributed by atoms with Gasteiger partial charge in [0.1, 0.15) is 0 Å². The Morgan fingerprint density at radius 2 is 1.13 bits per heavy atom. The molecule has 0 amide bonds. The van der Waals surface area contributed by atoms with Crippen LogP contribution in [0.15, 0.2) is 119 Å². The standard InChI is InChI=1S/C25H17.C5H5.C4H8Si.2ClH.Zr/c1-3-7-18(8-4-1)20-11-13-24-22(15-20)17-23-16-21(12-14-25(23)24)19-9-5-2-6-10-19;2*1-2-4-5-3-1;;;/h1-17H;1-3H,4H2;1-4H2;2*1H;/q;;;;;+2/p-2. The molecule has 1 fully saturated rings. The molecule has 38 heavy (non-hydrogen) atoms. The average Bonchev–Trinajstić information content (AvgIpc) is 3.72. The first-order chi connectivity index (χ1) is 17.9. The van der Waals surface area contributed by atoms with E-state index in [-0.39, 0.29) is 30.2 Å². The van der Waals surface area contributed by atoms with Crippen LogP contribution in [0, 0.1) is 0 Å². The van der Waals surface area contributed by atoms with E-state index >= 15 is 0 Å². The molecule has 4 heteroatoms. The van der Waals surface area contributed by atoms with Crippen LogP contribution in [0.3, 0.4) is 0 Å². The molecule has 0 saturated carbocycles. The van der Waals surface area contributed by atoms with Gasteiger partial charge in [0.15, 0.2) is 0 Å². The maximum absolute atomic E-state index is 2.58. The van der Waals surface area contributed by atoms with Crippen LogP contribution in [0.25, 0.3) is 33.4 Å². The second kappa shape index (κ2) is 12.1. The van der Waals surface area contributed by atoms with Gasteiger partial charge in [0, 0.05) is 0 Å². The molecule has 188 valence electrons. The van der Waals surface area contributed by atoms with Crippen molar-refractivity contribution in [1.29, 1.82) is 0 Å². The van der Waals surface area contributed by atoms with Crippen LogP contribution in [0.4, 0.5) is 0 Å². The molecular formula is C34H30Cl2SiZr. The van der Waals surface area contributed by atoms with Gasteiger partial charge >= 0.3 is 224 Å². The third kappa shape index (κ3) is 5.02. The molecule has 0 spiro atoms. The van der Waals surface area contributed by atoms with Gasteiger partial charge in [-0.3, -0.25) is 0 Å². The fourth-order valence-corrected chi connectivity index (χ4v) is 30.5. The quantitative estimate of drug-likeness (QED) is 0.305. The second-order valence-electron chi connectivity index (χ2n) is 10.3. The summed E-state index contributed by atoms with van der Waals surface area (Å²) in [4.78, 5) is 0. The third-order valence-corrected chi connectivity index (χ3v) is 29.4. The van der Waals surface area contributed by atoms with Gasteiger partial charge in [-0.25, -0.2) is 0 Å². The zero-order valence-corrected chi connectivity index (χ0v) is 26.3. The van der Waals surface area contributed by atoms with E-state index in [9.17, 15) is 0 Å². The monoisotopic (exact) mass is 626 g/mol. The molecule has 3 aliphatic rings. The number of hydrogen-bond donors (Lipinski definition) is 0. The Labute approximate surface area is 246 Å². The van der Waals surface area contributed by atoms with E-state index in [0.717, 1.165) is 0 Å². The van der Waals surface area contributed by atoms with Crippen LogP contribution < -0.4 is 24.8 Å². The molecule has 1 saturated heterocycles. The van der Waals surface area contributed by atoms with E-state index in [1.54, 1.807) is 23.2 Å². The molecule has 4 aromatic rings. The third-order valence-electron chi connectivity index (χ3n) is 8.22. The summed E-state index contributed by atoms with van der Waals surface area (Å²) < 4.78 is 2.54. The van der Waals surface area contributed by atoms with Crippen LogP contribution in [0.1, 0.15) is 34.0 Å². The van der Waals surface area contributed by atoms with Gasteiger partial charge in [-0.15, -0.1) is 0 Å². The number of fused-ring (bicyclic) bond motifs is 3. The summed E-state index contributed by atoms with van der Waals surface area (Å²) in [6, 6.07) is 39.8. The minimum absolute atomic E-state index is 0. The van der Waals surface area contributed by atoms with Crippen molar-refractivity contribution in [3.05, 3.63) is 130 Å². The normalized spacial score (nSPS) is 15.1. The van der Waals surface area contributed by atoms with E-state index < -0.39 is 20.4 Å². The molecule has 0 atom stereocenters. The van der Waals surface area contributed by atoms with Gasteiger partial charge in [-0.1, -0.05) is 0 Å². The summed E-state index contributed by atoms with van der Waals surface area (Å²) in [5.74, 6) is 0.